The monoisotopic (exact) mass is 310 g/mol. The van der Waals surface area contributed by atoms with Crippen molar-refractivity contribution in [3.05, 3.63) is 23.8 Å². The summed E-state index contributed by atoms with van der Waals surface area (Å²) in [5.74, 6) is 0.616. The quantitative estimate of drug-likeness (QED) is 0.874. The van der Waals surface area contributed by atoms with Crippen LogP contribution < -0.4 is 15.8 Å². The molecule has 0 aliphatic rings. The number of nitrogens with one attached hydrogen (secondary N) is 1. The van der Waals surface area contributed by atoms with E-state index in [-0.39, 0.29) is 6.54 Å². The third kappa shape index (κ3) is 4.61. The molecule has 1 aromatic carbocycles. The normalized spacial score (nSPS) is 14.1. The van der Waals surface area contributed by atoms with Crippen LogP contribution in [0.25, 0.3) is 0 Å². The molecule has 0 spiro atoms. The Morgan fingerprint density at radius 2 is 1.86 bits per heavy atom. The molecule has 6 heteroatoms. The molecule has 0 fully saturated rings. The van der Waals surface area contributed by atoms with Gasteiger partial charge in [0.25, 0.3) is 0 Å². The minimum Gasteiger partial charge on any atom is -0.497 e. The van der Waals surface area contributed by atoms with Crippen LogP contribution >= 0.6 is 0 Å². The highest BCUT2D eigenvalue weighted by Crippen LogP contribution is 2.33. The molecule has 1 atom stereocenters. The molecule has 0 heterocycles. The molecule has 1 amide bonds. The van der Waals surface area contributed by atoms with E-state index >= 15 is 0 Å². The first-order valence-electron chi connectivity index (χ1n) is 7.09. The summed E-state index contributed by atoms with van der Waals surface area (Å²) in [7, 11) is 3.14. The van der Waals surface area contributed by atoms with Gasteiger partial charge in [-0.05, 0) is 33.8 Å². The zero-order chi connectivity index (χ0) is 17.0. The zero-order valence-corrected chi connectivity index (χ0v) is 14.1. The van der Waals surface area contributed by atoms with Gasteiger partial charge in [0.15, 0.2) is 0 Å². The number of hydrogen-bond donors (Lipinski definition) is 2. The Kier molecular flexibility index (Phi) is 5.79. The van der Waals surface area contributed by atoms with E-state index in [2.05, 4.69) is 5.32 Å². The second-order valence-electron chi connectivity index (χ2n) is 6.18. The van der Waals surface area contributed by atoms with E-state index in [1.54, 1.807) is 47.1 Å². The van der Waals surface area contributed by atoms with Gasteiger partial charge in [-0.2, -0.15) is 0 Å². The molecule has 1 rings (SSSR count). The molecule has 0 aliphatic heterocycles. The van der Waals surface area contributed by atoms with E-state index in [0.717, 1.165) is 5.56 Å². The third-order valence-corrected chi connectivity index (χ3v) is 3.27. The van der Waals surface area contributed by atoms with Gasteiger partial charge in [-0.1, -0.05) is 6.07 Å². The van der Waals surface area contributed by atoms with E-state index in [9.17, 15) is 4.79 Å². The van der Waals surface area contributed by atoms with E-state index in [1.807, 2.05) is 13.0 Å². The van der Waals surface area contributed by atoms with Crippen molar-refractivity contribution in [1.29, 1.82) is 0 Å². The Morgan fingerprint density at radius 3 is 2.32 bits per heavy atom. The van der Waals surface area contributed by atoms with Crippen LogP contribution in [0.1, 0.15) is 33.3 Å². The summed E-state index contributed by atoms with van der Waals surface area (Å²) in [5, 5.41) is 2.74. The van der Waals surface area contributed by atoms with Gasteiger partial charge in [-0.25, -0.2) is 4.79 Å². The summed E-state index contributed by atoms with van der Waals surface area (Å²) in [5.41, 5.74) is 5.81. The Morgan fingerprint density at radius 1 is 1.23 bits per heavy atom. The number of anilines is 1. The maximum Gasteiger partial charge on any atom is 0.412 e. The Bertz CT molecular complexity index is 519. The Hall–Kier alpha value is -1.79. The largest absolute Gasteiger partial charge is 0.497 e. The van der Waals surface area contributed by atoms with Crippen molar-refractivity contribution >= 4 is 11.8 Å². The van der Waals surface area contributed by atoms with E-state index in [0.29, 0.717) is 11.4 Å². The van der Waals surface area contributed by atoms with Crippen molar-refractivity contribution in [2.45, 2.75) is 38.9 Å². The molecular formula is C16H26N2O4. The summed E-state index contributed by atoms with van der Waals surface area (Å²) in [4.78, 5) is 12.0. The second-order valence-corrected chi connectivity index (χ2v) is 6.18. The minimum atomic E-state index is -0.726. The fourth-order valence-electron chi connectivity index (χ4n) is 1.93. The molecule has 22 heavy (non-hydrogen) atoms. The van der Waals surface area contributed by atoms with Crippen molar-refractivity contribution in [3.8, 4) is 5.75 Å². The highest BCUT2D eigenvalue weighted by Gasteiger charge is 2.29. The maximum atomic E-state index is 12.0. The molecule has 0 radical (unpaired) electrons. The number of nitrogens with two attached hydrogens (primary N) is 1. The second kappa shape index (κ2) is 6.98. The molecule has 0 saturated heterocycles. The number of carbonyl (C=O) groups excluding carboxylic acids is 1. The lowest BCUT2D eigenvalue weighted by atomic mass is 9.94. The summed E-state index contributed by atoms with van der Waals surface area (Å²) in [6, 6.07) is 5.33. The van der Waals surface area contributed by atoms with Gasteiger partial charge in [-0.3, -0.25) is 5.32 Å². The fourth-order valence-corrected chi connectivity index (χ4v) is 1.93. The number of ether oxygens (including phenoxy) is 3. The van der Waals surface area contributed by atoms with Gasteiger partial charge >= 0.3 is 6.09 Å². The first-order chi connectivity index (χ1) is 10.1. The summed E-state index contributed by atoms with van der Waals surface area (Å²) >= 11 is 0. The highest BCUT2D eigenvalue weighted by atomic mass is 16.6. The fraction of sp³-hybridized carbons (Fsp3) is 0.562. The molecule has 0 saturated carbocycles. The van der Waals surface area contributed by atoms with Gasteiger partial charge in [0.1, 0.15) is 17.0 Å². The number of methoxy groups -OCH3 is 2. The summed E-state index contributed by atoms with van der Waals surface area (Å²) < 4.78 is 16.0. The standard InChI is InChI=1S/C16H26N2O4/c1-15(2,3)22-14(19)18-13-9-11(20-5)7-8-12(13)16(4,10-17)21-6/h7-9H,10,17H2,1-6H3,(H,18,19). The lowest BCUT2D eigenvalue weighted by Gasteiger charge is -2.30. The number of benzene rings is 1. The third-order valence-electron chi connectivity index (χ3n) is 3.27. The Balaban J connectivity index is 3.17. The first-order valence-corrected chi connectivity index (χ1v) is 7.09. The van der Waals surface area contributed by atoms with Gasteiger partial charge in [0.05, 0.1) is 12.8 Å². The maximum absolute atomic E-state index is 12.0. The molecule has 124 valence electrons. The van der Waals surface area contributed by atoms with Crippen LogP contribution in [0, 0.1) is 0 Å². The summed E-state index contributed by atoms with van der Waals surface area (Å²) in [6.07, 6.45) is -0.544. The van der Waals surface area contributed by atoms with Gasteiger partial charge in [-0.15, -0.1) is 0 Å². The van der Waals surface area contributed by atoms with E-state index in [4.69, 9.17) is 19.9 Å². The molecule has 3 N–H and O–H groups in total. The van der Waals surface area contributed by atoms with Gasteiger partial charge in [0, 0.05) is 25.3 Å². The minimum absolute atomic E-state index is 0.263. The number of carbonyl (C=O) groups is 1. The van der Waals surface area contributed by atoms with E-state index < -0.39 is 17.3 Å². The molecule has 1 aromatic rings. The Labute approximate surface area is 131 Å². The number of amides is 1. The van der Waals surface area contributed by atoms with Crippen molar-refractivity contribution in [1.82, 2.24) is 0 Å². The van der Waals surface area contributed by atoms with Crippen LogP contribution in [0.5, 0.6) is 5.75 Å². The molecule has 0 aromatic heterocycles. The van der Waals surface area contributed by atoms with Crippen molar-refractivity contribution in [2.24, 2.45) is 5.73 Å². The van der Waals surface area contributed by atoms with Crippen LogP contribution in [-0.4, -0.2) is 32.5 Å². The van der Waals surface area contributed by atoms with Crippen LogP contribution in [-0.2, 0) is 15.1 Å². The zero-order valence-electron chi connectivity index (χ0n) is 14.1. The lowest BCUT2D eigenvalue weighted by molar-refractivity contribution is 0.0106. The van der Waals surface area contributed by atoms with Crippen LogP contribution in [0.2, 0.25) is 0 Å². The lowest BCUT2D eigenvalue weighted by Crippen LogP contribution is -2.35. The highest BCUT2D eigenvalue weighted by molar-refractivity contribution is 5.86. The van der Waals surface area contributed by atoms with Crippen molar-refractivity contribution < 1.29 is 19.0 Å². The van der Waals surface area contributed by atoms with Crippen LogP contribution in [0.4, 0.5) is 10.5 Å². The summed E-state index contributed by atoms with van der Waals surface area (Å²) in [6.45, 7) is 7.53. The van der Waals surface area contributed by atoms with Crippen LogP contribution in [0.15, 0.2) is 18.2 Å². The molecule has 6 nitrogen and oxygen atoms in total. The predicted octanol–water partition coefficient (Wildman–Crippen LogP) is 2.86. The SMILES string of the molecule is COc1ccc(C(C)(CN)OC)c(NC(=O)OC(C)(C)C)c1. The van der Waals surface area contributed by atoms with Crippen molar-refractivity contribution in [3.63, 3.8) is 0 Å². The van der Waals surface area contributed by atoms with Gasteiger partial charge < -0.3 is 19.9 Å². The smallest absolute Gasteiger partial charge is 0.412 e. The first kappa shape index (κ1) is 18.3. The number of hydrogen-bond acceptors (Lipinski definition) is 5. The predicted molar refractivity (Wildman–Crippen MR) is 86.3 cm³/mol. The molecule has 1 unspecified atom stereocenters. The number of rotatable bonds is 5. The average Bonchev–Trinajstić information content (AvgIpc) is 2.44. The average molecular weight is 310 g/mol. The molecular weight excluding hydrogens is 284 g/mol. The topological polar surface area (TPSA) is 82.8 Å². The van der Waals surface area contributed by atoms with Crippen molar-refractivity contribution in [2.75, 3.05) is 26.1 Å². The van der Waals surface area contributed by atoms with Crippen LogP contribution in [0.3, 0.4) is 0 Å². The van der Waals surface area contributed by atoms with Gasteiger partial charge in [0.2, 0.25) is 0 Å². The van der Waals surface area contributed by atoms with E-state index in [1.165, 1.54) is 0 Å². The molecule has 0 aliphatic carbocycles. The molecule has 0 bridgehead atoms.